The molecule has 0 fully saturated rings. The average molecular weight is 280 g/mol. The van der Waals surface area contributed by atoms with Gasteiger partial charge in [-0.05, 0) is 45.0 Å². The summed E-state index contributed by atoms with van der Waals surface area (Å²) in [5, 5.41) is 8.71. The molecule has 0 bridgehead atoms. The Balaban J connectivity index is 2.44. The molecule has 0 saturated carbocycles. The van der Waals surface area contributed by atoms with Crippen LogP contribution < -0.4 is 16.0 Å². The summed E-state index contributed by atoms with van der Waals surface area (Å²) in [5.41, 5.74) is 0.409. The van der Waals surface area contributed by atoms with Gasteiger partial charge in [-0.2, -0.15) is 0 Å². The molecule has 0 unspecified atom stereocenters. The molecule has 110 valence electrons. The van der Waals surface area contributed by atoms with Crippen LogP contribution in [-0.4, -0.2) is 31.0 Å². The molecule has 0 spiro atoms. The van der Waals surface area contributed by atoms with Gasteiger partial charge < -0.3 is 16.0 Å². The molecule has 5 nitrogen and oxygen atoms in total. The fourth-order valence-electron chi connectivity index (χ4n) is 1.44. The number of anilines is 1. The minimum Gasteiger partial charge on any atom is -0.352 e. The first-order chi connectivity index (χ1) is 9.30. The largest absolute Gasteiger partial charge is 0.352 e. The Morgan fingerprint density at radius 1 is 1.25 bits per heavy atom. The van der Waals surface area contributed by atoms with Crippen LogP contribution in [0.15, 0.2) is 29.3 Å². The summed E-state index contributed by atoms with van der Waals surface area (Å²) in [5.74, 6) is -0.0175. The van der Waals surface area contributed by atoms with Crippen LogP contribution in [0.4, 0.5) is 10.1 Å². The van der Waals surface area contributed by atoms with E-state index in [9.17, 15) is 9.18 Å². The van der Waals surface area contributed by atoms with Gasteiger partial charge in [-0.15, -0.1) is 0 Å². The SMILES string of the molecule is CN=C(NCC(=O)Nc1ccc(F)cc1)NC(C)(C)C. The molecule has 1 rings (SSSR count). The highest BCUT2D eigenvalue weighted by Gasteiger charge is 2.12. The highest BCUT2D eigenvalue weighted by Crippen LogP contribution is 2.07. The summed E-state index contributed by atoms with van der Waals surface area (Å²) in [6.45, 7) is 6.07. The van der Waals surface area contributed by atoms with E-state index >= 15 is 0 Å². The number of guanidine groups is 1. The number of rotatable bonds is 3. The van der Waals surface area contributed by atoms with Crippen molar-refractivity contribution in [1.82, 2.24) is 10.6 Å². The van der Waals surface area contributed by atoms with Gasteiger partial charge in [0, 0.05) is 18.3 Å². The Hall–Kier alpha value is -2.11. The summed E-state index contributed by atoms with van der Waals surface area (Å²) in [4.78, 5) is 15.8. The number of carbonyl (C=O) groups is 1. The number of carbonyl (C=O) groups excluding carboxylic acids is 1. The van der Waals surface area contributed by atoms with Crippen molar-refractivity contribution in [3.05, 3.63) is 30.1 Å². The molecule has 0 aliphatic carbocycles. The average Bonchev–Trinajstić information content (AvgIpc) is 2.36. The molecule has 0 saturated heterocycles. The van der Waals surface area contributed by atoms with Crippen LogP contribution in [0.2, 0.25) is 0 Å². The van der Waals surface area contributed by atoms with Crippen LogP contribution in [0.1, 0.15) is 20.8 Å². The molecule has 0 heterocycles. The van der Waals surface area contributed by atoms with E-state index in [4.69, 9.17) is 0 Å². The summed E-state index contributed by atoms with van der Waals surface area (Å²) >= 11 is 0. The first kappa shape index (κ1) is 15.9. The van der Waals surface area contributed by atoms with Crippen molar-refractivity contribution in [1.29, 1.82) is 0 Å². The monoisotopic (exact) mass is 280 g/mol. The number of nitrogens with zero attached hydrogens (tertiary/aromatic N) is 1. The van der Waals surface area contributed by atoms with Crippen LogP contribution in [0.25, 0.3) is 0 Å². The van der Waals surface area contributed by atoms with E-state index in [-0.39, 0.29) is 23.8 Å². The van der Waals surface area contributed by atoms with Crippen molar-refractivity contribution in [2.24, 2.45) is 4.99 Å². The number of hydrogen-bond acceptors (Lipinski definition) is 2. The minimum atomic E-state index is -0.337. The Labute approximate surface area is 118 Å². The Kier molecular flexibility index (Phi) is 5.49. The fraction of sp³-hybridized carbons (Fsp3) is 0.429. The zero-order chi connectivity index (χ0) is 15.2. The van der Waals surface area contributed by atoms with Crippen LogP contribution in [0.5, 0.6) is 0 Å². The van der Waals surface area contributed by atoms with Crippen molar-refractivity contribution in [3.63, 3.8) is 0 Å². The number of benzene rings is 1. The van der Waals surface area contributed by atoms with Crippen molar-refractivity contribution >= 4 is 17.6 Å². The lowest BCUT2D eigenvalue weighted by Gasteiger charge is -2.23. The first-order valence-corrected chi connectivity index (χ1v) is 6.34. The lowest BCUT2D eigenvalue weighted by atomic mass is 10.1. The van der Waals surface area contributed by atoms with Gasteiger partial charge in [-0.25, -0.2) is 4.39 Å². The van der Waals surface area contributed by atoms with Crippen LogP contribution in [0.3, 0.4) is 0 Å². The minimum absolute atomic E-state index is 0.0765. The van der Waals surface area contributed by atoms with E-state index < -0.39 is 0 Å². The van der Waals surface area contributed by atoms with Gasteiger partial charge in [-0.3, -0.25) is 9.79 Å². The normalized spacial score (nSPS) is 11.9. The molecule has 3 N–H and O–H groups in total. The maximum Gasteiger partial charge on any atom is 0.243 e. The van der Waals surface area contributed by atoms with E-state index in [1.807, 2.05) is 20.8 Å². The number of nitrogens with one attached hydrogen (secondary N) is 3. The summed E-state index contributed by atoms with van der Waals surface area (Å²) in [6.07, 6.45) is 0. The molecular weight excluding hydrogens is 259 g/mol. The lowest BCUT2D eigenvalue weighted by Crippen LogP contribution is -2.49. The second-order valence-electron chi connectivity index (χ2n) is 5.36. The number of aliphatic imine (C=N–C) groups is 1. The second-order valence-corrected chi connectivity index (χ2v) is 5.36. The predicted molar refractivity (Wildman–Crippen MR) is 79.3 cm³/mol. The number of amides is 1. The van der Waals surface area contributed by atoms with Gasteiger partial charge in [-0.1, -0.05) is 0 Å². The quantitative estimate of drug-likeness (QED) is 0.583. The molecule has 0 atom stereocenters. The molecule has 0 aromatic heterocycles. The van der Waals surface area contributed by atoms with E-state index in [1.165, 1.54) is 24.3 Å². The molecule has 1 aromatic rings. The van der Waals surface area contributed by atoms with E-state index in [2.05, 4.69) is 20.9 Å². The summed E-state index contributed by atoms with van der Waals surface area (Å²) < 4.78 is 12.7. The van der Waals surface area contributed by atoms with E-state index in [0.717, 1.165) is 0 Å². The van der Waals surface area contributed by atoms with Gasteiger partial charge in [0.2, 0.25) is 5.91 Å². The third-order valence-electron chi connectivity index (χ3n) is 2.26. The molecular formula is C14H21FN4O. The van der Waals surface area contributed by atoms with Gasteiger partial charge in [0.15, 0.2) is 5.96 Å². The Morgan fingerprint density at radius 2 is 1.85 bits per heavy atom. The predicted octanol–water partition coefficient (Wildman–Crippen LogP) is 1.73. The zero-order valence-electron chi connectivity index (χ0n) is 12.2. The van der Waals surface area contributed by atoms with Crippen molar-refractivity contribution in [3.8, 4) is 0 Å². The fourth-order valence-corrected chi connectivity index (χ4v) is 1.44. The lowest BCUT2D eigenvalue weighted by molar-refractivity contribution is -0.115. The molecule has 1 aromatic carbocycles. The van der Waals surface area contributed by atoms with Gasteiger partial charge in [0.1, 0.15) is 5.82 Å². The van der Waals surface area contributed by atoms with Crippen LogP contribution in [-0.2, 0) is 4.79 Å². The van der Waals surface area contributed by atoms with Crippen LogP contribution in [0, 0.1) is 5.82 Å². The standard InChI is InChI=1S/C14H21FN4O/c1-14(2,3)19-13(16-4)17-9-12(20)18-11-7-5-10(15)6-8-11/h5-8H,9H2,1-4H3,(H,18,20)(H2,16,17,19). The third kappa shape index (κ3) is 6.17. The maximum absolute atomic E-state index is 12.7. The smallest absolute Gasteiger partial charge is 0.243 e. The summed E-state index contributed by atoms with van der Waals surface area (Å²) in [7, 11) is 1.64. The van der Waals surface area contributed by atoms with Crippen molar-refractivity contribution in [2.45, 2.75) is 26.3 Å². The molecule has 20 heavy (non-hydrogen) atoms. The van der Waals surface area contributed by atoms with Crippen molar-refractivity contribution in [2.75, 3.05) is 18.9 Å². The van der Waals surface area contributed by atoms with E-state index in [0.29, 0.717) is 11.6 Å². The summed E-state index contributed by atoms with van der Waals surface area (Å²) in [6, 6.07) is 5.61. The first-order valence-electron chi connectivity index (χ1n) is 6.34. The molecule has 1 amide bonds. The number of halogens is 1. The van der Waals surface area contributed by atoms with Gasteiger partial charge in [0.25, 0.3) is 0 Å². The van der Waals surface area contributed by atoms with Crippen LogP contribution >= 0.6 is 0 Å². The van der Waals surface area contributed by atoms with Gasteiger partial charge in [0.05, 0.1) is 6.54 Å². The maximum atomic E-state index is 12.7. The number of hydrogen-bond donors (Lipinski definition) is 3. The molecule has 0 aliphatic heterocycles. The molecule has 0 aliphatic rings. The highest BCUT2D eigenvalue weighted by atomic mass is 19.1. The third-order valence-corrected chi connectivity index (χ3v) is 2.26. The highest BCUT2D eigenvalue weighted by molar-refractivity contribution is 5.95. The van der Waals surface area contributed by atoms with E-state index in [1.54, 1.807) is 7.05 Å². The second kappa shape index (κ2) is 6.88. The molecule has 0 radical (unpaired) electrons. The Bertz CT molecular complexity index is 477. The van der Waals surface area contributed by atoms with Crippen molar-refractivity contribution < 1.29 is 9.18 Å². The molecule has 6 heteroatoms. The zero-order valence-corrected chi connectivity index (χ0v) is 12.2. The Morgan fingerprint density at radius 3 is 2.35 bits per heavy atom. The van der Waals surface area contributed by atoms with Gasteiger partial charge >= 0.3 is 0 Å². The topological polar surface area (TPSA) is 65.5 Å².